The van der Waals surface area contributed by atoms with E-state index in [9.17, 15) is 4.79 Å². The Balaban J connectivity index is 1.45. The Morgan fingerprint density at radius 1 is 1.05 bits per heavy atom. The van der Waals surface area contributed by atoms with Gasteiger partial charge in [-0.25, -0.2) is 0 Å². The van der Waals surface area contributed by atoms with Crippen molar-refractivity contribution in [2.75, 3.05) is 50.7 Å². The minimum absolute atomic E-state index is 0.303. The first-order valence-electron chi connectivity index (χ1n) is 8.23. The number of hydrogen-bond donors (Lipinski definition) is 0. The summed E-state index contributed by atoms with van der Waals surface area (Å²) in [7, 11) is 0. The molecule has 2 heterocycles. The summed E-state index contributed by atoms with van der Waals surface area (Å²) in [6.07, 6.45) is 3.23. The molecule has 2 saturated heterocycles. The number of halogens is 1. The van der Waals surface area contributed by atoms with Crippen LogP contribution in [-0.4, -0.2) is 61.5 Å². The molecule has 0 N–H and O–H groups in total. The highest BCUT2D eigenvalue weighted by molar-refractivity contribution is 6.30. The molecule has 1 amide bonds. The quantitative estimate of drug-likeness (QED) is 0.852. The van der Waals surface area contributed by atoms with Crippen molar-refractivity contribution in [1.29, 1.82) is 0 Å². The maximum Gasteiger partial charge on any atom is 0.223 e. The van der Waals surface area contributed by atoms with E-state index in [4.69, 9.17) is 11.6 Å². The minimum atomic E-state index is 0.303. The molecule has 0 unspecified atom stereocenters. The molecule has 0 atom stereocenters. The lowest BCUT2D eigenvalue weighted by Crippen LogP contribution is -2.49. The van der Waals surface area contributed by atoms with Gasteiger partial charge in [-0.05, 0) is 44.1 Å². The van der Waals surface area contributed by atoms with E-state index in [-0.39, 0.29) is 0 Å². The number of carbonyl (C=O) groups excluding carboxylic acids is 1. The molecular formula is C17H24ClN3O. The number of carbonyl (C=O) groups is 1. The van der Waals surface area contributed by atoms with Crippen LogP contribution in [0.5, 0.6) is 0 Å². The average molecular weight is 322 g/mol. The van der Waals surface area contributed by atoms with Gasteiger partial charge < -0.3 is 14.7 Å². The molecule has 0 radical (unpaired) electrons. The van der Waals surface area contributed by atoms with Crippen molar-refractivity contribution < 1.29 is 4.79 Å². The fourth-order valence-corrected chi connectivity index (χ4v) is 3.49. The summed E-state index contributed by atoms with van der Waals surface area (Å²) in [5, 5.41) is 0.765. The Kier molecular flexibility index (Phi) is 5.21. The van der Waals surface area contributed by atoms with Crippen LogP contribution in [0.25, 0.3) is 0 Å². The van der Waals surface area contributed by atoms with Crippen molar-refractivity contribution in [2.24, 2.45) is 0 Å². The molecule has 4 nitrogen and oxygen atoms in total. The van der Waals surface area contributed by atoms with Crippen LogP contribution in [0.15, 0.2) is 24.3 Å². The van der Waals surface area contributed by atoms with Crippen LogP contribution < -0.4 is 4.90 Å². The second-order valence-corrected chi connectivity index (χ2v) is 6.58. The molecule has 0 saturated carbocycles. The first-order valence-corrected chi connectivity index (χ1v) is 8.61. The Labute approximate surface area is 137 Å². The molecule has 22 heavy (non-hydrogen) atoms. The number of hydrogen-bond acceptors (Lipinski definition) is 3. The lowest BCUT2D eigenvalue weighted by atomic mass is 10.2. The van der Waals surface area contributed by atoms with Gasteiger partial charge in [-0.3, -0.25) is 4.79 Å². The molecule has 1 aromatic rings. The second-order valence-electron chi connectivity index (χ2n) is 6.15. The van der Waals surface area contributed by atoms with Crippen molar-refractivity contribution >= 4 is 23.2 Å². The molecule has 0 aromatic heterocycles. The number of amides is 1. The fraction of sp³-hybridized carbons (Fsp3) is 0.588. The van der Waals surface area contributed by atoms with E-state index in [0.29, 0.717) is 12.3 Å². The first kappa shape index (κ1) is 15.6. The molecule has 5 heteroatoms. The molecule has 120 valence electrons. The molecular weight excluding hydrogens is 298 g/mol. The van der Waals surface area contributed by atoms with Gasteiger partial charge in [0.2, 0.25) is 5.91 Å². The van der Waals surface area contributed by atoms with Gasteiger partial charge in [0, 0.05) is 49.9 Å². The maximum absolute atomic E-state index is 12.3. The third-order valence-corrected chi connectivity index (χ3v) is 4.88. The number of likely N-dealkylation sites (tertiary alicyclic amines) is 1. The summed E-state index contributed by atoms with van der Waals surface area (Å²) in [5.74, 6) is 0.303. The van der Waals surface area contributed by atoms with Gasteiger partial charge in [-0.15, -0.1) is 0 Å². The van der Waals surface area contributed by atoms with Gasteiger partial charge in [-0.1, -0.05) is 17.7 Å². The zero-order valence-electron chi connectivity index (χ0n) is 13.0. The van der Waals surface area contributed by atoms with Crippen molar-refractivity contribution in [3.05, 3.63) is 29.3 Å². The van der Waals surface area contributed by atoms with Gasteiger partial charge in [0.1, 0.15) is 0 Å². The minimum Gasteiger partial charge on any atom is -0.368 e. The number of rotatable bonds is 4. The Hall–Kier alpha value is -1.26. The van der Waals surface area contributed by atoms with Crippen LogP contribution >= 0.6 is 11.6 Å². The van der Waals surface area contributed by atoms with Crippen molar-refractivity contribution in [1.82, 2.24) is 9.80 Å². The van der Waals surface area contributed by atoms with Gasteiger partial charge in [0.15, 0.2) is 0 Å². The predicted octanol–water partition coefficient (Wildman–Crippen LogP) is 2.47. The Morgan fingerprint density at radius 2 is 1.77 bits per heavy atom. The Bertz CT molecular complexity index is 508. The summed E-state index contributed by atoms with van der Waals surface area (Å²) >= 11 is 6.05. The third-order valence-electron chi connectivity index (χ3n) is 4.65. The zero-order valence-corrected chi connectivity index (χ0v) is 13.8. The number of benzene rings is 1. The summed E-state index contributed by atoms with van der Waals surface area (Å²) in [5.41, 5.74) is 1.15. The standard InChI is InChI=1S/C17H24ClN3O/c18-15-4-3-5-16(14-15)20-10-12-21(13-11-20)17(22)6-9-19-7-1-2-8-19/h3-5,14H,1-2,6-13H2. The molecule has 0 bridgehead atoms. The largest absolute Gasteiger partial charge is 0.368 e. The van der Waals surface area contributed by atoms with Crippen molar-refractivity contribution in [3.8, 4) is 0 Å². The number of anilines is 1. The summed E-state index contributed by atoms with van der Waals surface area (Å²) in [6, 6.07) is 7.94. The van der Waals surface area contributed by atoms with Gasteiger partial charge in [0.25, 0.3) is 0 Å². The fourth-order valence-electron chi connectivity index (χ4n) is 3.30. The van der Waals surface area contributed by atoms with Crippen LogP contribution in [0, 0.1) is 0 Å². The van der Waals surface area contributed by atoms with Gasteiger partial charge in [0.05, 0.1) is 0 Å². The first-order chi connectivity index (χ1) is 10.7. The van der Waals surface area contributed by atoms with E-state index in [2.05, 4.69) is 15.9 Å². The molecule has 0 aliphatic carbocycles. The predicted molar refractivity (Wildman–Crippen MR) is 90.5 cm³/mol. The molecule has 3 rings (SSSR count). The van der Waals surface area contributed by atoms with Crippen LogP contribution in [0.4, 0.5) is 5.69 Å². The van der Waals surface area contributed by atoms with Gasteiger partial charge >= 0.3 is 0 Å². The highest BCUT2D eigenvalue weighted by Crippen LogP contribution is 2.21. The van der Waals surface area contributed by atoms with E-state index in [1.54, 1.807) is 0 Å². The normalized spacial score (nSPS) is 19.7. The average Bonchev–Trinajstić information content (AvgIpc) is 3.06. The highest BCUT2D eigenvalue weighted by atomic mass is 35.5. The van der Waals surface area contributed by atoms with Crippen molar-refractivity contribution in [2.45, 2.75) is 19.3 Å². The number of nitrogens with zero attached hydrogens (tertiary/aromatic N) is 3. The second kappa shape index (κ2) is 7.34. The molecule has 2 aliphatic rings. The van der Waals surface area contributed by atoms with Crippen LogP contribution in [-0.2, 0) is 4.79 Å². The highest BCUT2D eigenvalue weighted by Gasteiger charge is 2.22. The lowest BCUT2D eigenvalue weighted by Gasteiger charge is -2.36. The van der Waals surface area contributed by atoms with Crippen LogP contribution in [0.2, 0.25) is 5.02 Å². The topological polar surface area (TPSA) is 26.8 Å². The van der Waals surface area contributed by atoms with E-state index < -0.39 is 0 Å². The molecule has 0 spiro atoms. The molecule has 2 fully saturated rings. The number of piperazine rings is 1. The van der Waals surface area contributed by atoms with Crippen molar-refractivity contribution in [3.63, 3.8) is 0 Å². The van der Waals surface area contributed by atoms with Crippen LogP contribution in [0.1, 0.15) is 19.3 Å². The SMILES string of the molecule is O=C(CCN1CCCC1)N1CCN(c2cccc(Cl)c2)CC1. The summed E-state index contributed by atoms with van der Waals surface area (Å²) in [6.45, 7) is 6.64. The molecule has 2 aliphatic heterocycles. The van der Waals surface area contributed by atoms with E-state index in [1.165, 1.54) is 12.8 Å². The van der Waals surface area contributed by atoms with Crippen LogP contribution in [0.3, 0.4) is 0 Å². The molecule has 1 aromatic carbocycles. The third kappa shape index (κ3) is 3.93. The lowest BCUT2D eigenvalue weighted by molar-refractivity contribution is -0.131. The monoisotopic (exact) mass is 321 g/mol. The maximum atomic E-state index is 12.3. The van der Waals surface area contributed by atoms with Gasteiger partial charge in [-0.2, -0.15) is 0 Å². The zero-order chi connectivity index (χ0) is 15.4. The van der Waals surface area contributed by atoms with E-state index in [0.717, 1.165) is 56.5 Å². The van der Waals surface area contributed by atoms with E-state index in [1.807, 2.05) is 23.1 Å². The summed E-state index contributed by atoms with van der Waals surface area (Å²) in [4.78, 5) is 19.0. The smallest absolute Gasteiger partial charge is 0.223 e. The summed E-state index contributed by atoms with van der Waals surface area (Å²) < 4.78 is 0. The van der Waals surface area contributed by atoms with E-state index >= 15 is 0 Å². The Morgan fingerprint density at radius 3 is 2.45 bits per heavy atom.